The average Bonchev–Trinajstić information content (AvgIpc) is 3.02. The molecule has 2 amide bonds. The van der Waals surface area contributed by atoms with Crippen LogP contribution in [0.5, 0.6) is 0 Å². The fraction of sp³-hybridized carbons (Fsp3) is 0.923. The van der Waals surface area contributed by atoms with Crippen molar-refractivity contribution in [1.29, 1.82) is 0 Å². The molecule has 0 aromatic carbocycles. The van der Waals surface area contributed by atoms with Gasteiger partial charge in [0.2, 0.25) is 0 Å². The quantitative estimate of drug-likeness (QED) is 0.766. The van der Waals surface area contributed by atoms with Gasteiger partial charge in [0.25, 0.3) is 0 Å². The van der Waals surface area contributed by atoms with Crippen LogP contribution in [0.3, 0.4) is 0 Å². The van der Waals surface area contributed by atoms with E-state index in [1.165, 1.54) is 25.7 Å². The number of urea groups is 1. The number of rotatable bonds is 5. The van der Waals surface area contributed by atoms with Gasteiger partial charge in [0.05, 0.1) is 12.1 Å². The first kappa shape index (κ1) is 12.7. The van der Waals surface area contributed by atoms with Gasteiger partial charge in [-0.3, -0.25) is 0 Å². The maximum absolute atomic E-state index is 12.0. The van der Waals surface area contributed by atoms with Crippen LogP contribution < -0.4 is 5.32 Å². The molecule has 0 aromatic heterocycles. The Bertz CT molecular complexity index is 278. The molecule has 2 aliphatic rings. The van der Waals surface area contributed by atoms with Crippen molar-refractivity contribution in [2.75, 3.05) is 13.6 Å². The van der Waals surface area contributed by atoms with Crippen LogP contribution in [-0.2, 0) is 0 Å². The third-order valence-corrected chi connectivity index (χ3v) is 3.52. The smallest absolute Gasteiger partial charge is 0.317 e. The van der Waals surface area contributed by atoms with Gasteiger partial charge in [-0.25, -0.2) is 4.79 Å². The van der Waals surface area contributed by atoms with Gasteiger partial charge >= 0.3 is 6.03 Å². The maximum Gasteiger partial charge on any atom is 0.317 e. The van der Waals surface area contributed by atoms with Gasteiger partial charge in [0.15, 0.2) is 0 Å². The third-order valence-electron chi connectivity index (χ3n) is 3.52. The van der Waals surface area contributed by atoms with Gasteiger partial charge in [-0.05, 0) is 51.4 Å². The summed E-state index contributed by atoms with van der Waals surface area (Å²) in [5.41, 5.74) is -0.833. The lowest BCUT2D eigenvalue weighted by molar-refractivity contribution is 0.0525. The standard InChI is InChI=1S/C13H24N2O2/c1-13(2,17)8-15(3)12(16)14-11(9-4-5-9)10-6-7-10/h9-11,17H,4-8H2,1-3H3,(H,14,16). The van der Waals surface area contributed by atoms with Crippen LogP contribution in [0.4, 0.5) is 4.79 Å². The summed E-state index contributed by atoms with van der Waals surface area (Å²) < 4.78 is 0. The molecule has 0 aromatic rings. The van der Waals surface area contributed by atoms with Crippen LogP contribution in [0.1, 0.15) is 39.5 Å². The van der Waals surface area contributed by atoms with E-state index in [4.69, 9.17) is 0 Å². The number of nitrogens with one attached hydrogen (secondary N) is 1. The van der Waals surface area contributed by atoms with E-state index in [1.807, 2.05) is 0 Å². The van der Waals surface area contributed by atoms with E-state index in [0.29, 0.717) is 24.4 Å². The lowest BCUT2D eigenvalue weighted by atomic mass is 10.1. The van der Waals surface area contributed by atoms with E-state index in [0.717, 1.165) is 0 Å². The number of carbonyl (C=O) groups excluding carboxylic acids is 1. The second kappa shape index (κ2) is 4.48. The van der Waals surface area contributed by atoms with Crippen molar-refractivity contribution in [1.82, 2.24) is 10.2 Å². The minimum absolute atomic E-state index is 0.0454. The number of aliphatic hydroxyl groups is 1. The molecule has 2 fully saturated rings. The molecular formula is C13H24N2O2. The first-order valence-electron chi connectivity index (χ1n) is 6.61. The normalized spacial score (nSPS) is 20.5. The number of amides is 2. The number of hydrogen-bond acceptors (Lipinski definition) is 2. The molecule has 98 valence electrons. The number of nitrogens with zero attached hydrogens (tertiary/aromatic N) is 1. The van der Waals surface area contributed by atoms with Gasteiger partial charge in [-0.15, -0.1) is 0 Å². The molecule has 0 spiro atoms. The van der Waals surface area contributed by atoms with E-state index in [1.54, 1.807) is 25.8 Å². The maximum atomic E-state index is 12.0. The second-order valence-electron chi connectivity index (χ2n) is 6.32. The van der Waals surface area contributed by atoms with Crippen molar-refractivity contribution >= 4 is 6.03 Å². The van der Waals surface area contributed by atoms with Gasteiger partial charge in [0, 0.05) is 13.1 Å². The fourth-order valence-corrected chi connectivity index (χ4v) is 2.44. The molecule has 0 saturated heterocycles. The highest BCUT2D eigenvalue weighted by atomic mass is 16.3. The van der Waals surface area contributed by atoms with Gasteiger partial charge in [-0.1, -0.05) is 0 Å². The predicted molar refractivity (Wildman–Crippen MR) is 66.7 cm³/mol. The minimum Gasteiger partial charge on any atom is -0.389 e. The van der Waals surface area contributed by atoms with Gasteiger partial charge in [-0.2, -0.15) is 0 Å². The molecule has 2 aliphatic carbocycles. The van der Waals surface area contributed by atoms with Crippen LogP contribution in [0.2, 0.25) is 0 Å². The van der Waals surface area contributed by atoms with E-state index in [2.05, 4.69) is 5.32 Å². The Hall–Kier alpha value is -0.770. The predicted octanol–water partition coefficient (Wildman–Crippen LogP) is 1.59. The molecule has 0 atom stereocenters. The van der Waals surface area contributed by atoms with E-state index >= 15 is 0 Å². The van der Waals surface area contributed by atoms with Gasteiger partial charge in [0.1, 0.15) is 0 Å². The van der Waals surface area contributed by atoms with Crippen LogP contribution in [0.15, 0.2) is 0 Å². The molecule has 4 heteroatoms. The lowest BCUT2D eigenvalue weighted by Crippen LogP contribution is -2.49. The molecule has 2 saturated carbocycles. The molecule has 0 heterocycles. The Kier molecular flexibility index (Phi) is 3.34. The summed E-state index contributed by atoms with van der Waals surface area (Å²) in [6, 6.07) is 0.336. The fourth-order valence-electron chi connectivity index (χ4n) is 2.44. The summed E-state index contributed by atoms with van der Waals surface area (Å²) in [4.78, 5) is 13.6. The molecule has 4 nitrogen and oxygen atoms in total. The summed E-state index contributed by atoms with van der Waals surface area (Å²) in [6.45, 7) is 3.80. The van der Waals surface area contributed by atoms with Crippen molar-refractivity contribution in [2.45, 2.75) is 51.2 Å². The molecule has 0 aliphatic heterocycles. The summed E-state index contributed by atoms with van der Waals surface area (Å²) in [7, 11) is 1.74. The minimum atomic E-state index is -0.833. The average molecular weight is 240 g/mol. The molecule has 2 rings (SSSR count). The number of hydrogen-bond donors (Lipinski definition) is 2. The summed E-state index contributed by atoms with van der Waals surface area (Å²) in [5, 5.41) is 12.8. The number of carbonyl (C=O) groups is 1. The Morgan fingerprint density at radius 2 is 1.82 bits per heavy atom. The SMILES string of the molecule is CN(CC(C)(C)O)C(=O)NC(C1CC1)C1CC1. The van der Waals surface area contributed by atoms with Crippen LogP contribution >= 0.6 is 0 Å². The third kappa shape index (κ3) is 3.87. The molecule has 0 bridgehead atoms. The Balaban J connectivity index is 1.82. The van der Waals surface area contributed by atoms with Crippen molar-refractivity contribution in [3.63, 3.8) is 0 Å². The largest absolute Gasteiger partial charge is 0.389 e. The Morgan fingerprint density at radius 3 is 2.18 bits per heavy atom. The Labute approximate surface area is 103 Å². The summed E-state index contributed by atoms with van der Waals surface area (Å²) in [5.74, 6) is 1.42. The van der Waals surface area contributed by atoms with E-state index in [-0.39, 0.29) is 6.03 Å². The zero-order valence-electron chi connectivity index (χ0n) is 11.1. The topological polar surface area (TPSA) is 52.6 Å². The highest BCUT2D eigenvalue weighted by Gasteiger charge is 2.42. The molecule has 17 heavy (non-hydrogen) atoms. The highest BCUT2D eigenvalue weighted by Crippen LogP contribution is 2.44. The lowest BCUT2D eigenvalue weighted by Gasteiger charge is -2.28. The summed E-state index contributed by atoms with van der Waals surface area (Å²) >= 11 is 0. The monoisotopic (exact) mass is 240 g/mol. The molecule has 0 radical (unpaired) electrons. The van der Waals surface area contributed by atoms with E-state index < -0.39 is 5.60 Å². The summed E-state index contributed by atoms with van der Waals surface area (Å²) in [6.07, 6.45) is 5.04. The van der Waals surface area contributed by atoms with Gasteiger partial charge < -0.3 is 15.3 Å². The Morgan fingerprint density at radius 1 is 1.35 bits per heavy atom. The van der Waals surface area contributed by atoms with Crippen molar-refractivity contribution < 1.29 is 9.90 Å². The van der Waals surface area contributed by atoms with Crippen molar-refractivity contribution in [2.24, 2.45) is 11.8 Å². The first-order valence-corrected chi connectivity index (χ1v) is 6.61. The zero-order valence-corrected chi connectivity index (χ0v) is 11.1. The molecule has 0 unspecified atom stereocenters. The highest BCUT2D eigenvalue weighted by molar-refractivity contribution is 5.74. The van der Waals surface area contributed by atoms with E-state index in [9.17, 15) is 9.90 Å². The van der Waals surface area contributed by atoms with Crippen molar-refractivity contribution in [3.05, 3.63) is 0 Å². The first-order chi connectivity index (χ1) is 7.87. The van der Waals surface area contributed by atoms with Crippen LogP contribution in [0, 0.1) is 11.8 Å². The molecular weight excluding hydrogens is 216 g/mol. The zero-order chi connectivity index (χ0) is 12.6. The van der Waals surface area contributed by atoms with Crippen molar-refractivity contribution in [3.8, 4) is 0 Å². The van der Waals surface area contributed by atoms with Crippen LogP contribution in [-0.4, -0.2) is 41.3 Å². The molecule has 2 N–H and O–H groups in total. The van der Waals surface area contributed by atoms with Crippen LogP contribution in [0.25, 0.3) is 0 Å². The number of likely N-dealkylation sites (N-methyl/N-ethyl adjacent to an activating group) is 1. The second-order valence-corrected chi connectivity index (χ2v) is 6.32.